The molecule has 1 aliphatic rings. The van der Waals surface area contributed by atoms with E-state index in [1.54, 1.807) is 13.3 Å². The average molecular weight is 221 g/mol. The Morgan fingerprint density at radius 2 is 2.44 bits per heavy atom. The highest BCUT2D eigenvalue weighted by molar-refractivity contribution is 5.74. The Morgan fingerprint density at radius 1 is 1.56 bits per heavy atom. The van der Waals surface area contributed by atoms with Crippen LogP contribution in [0.3, 0.4) is 0 Å². The Hall–Kier alpha value is -1.55. The molecule has 1 atom stereocenters. The summed E-state index contributed by atoms with van der Waals surface area (Å²) in [6.45, 7) is 1.23. The van der Waals surface area contributed by atoms with E-state index in [4.69, 9.17) is 14.7 Å². The van der Waals surface area contributed by atoms with E-state index in [0.29, 0.717) is 13.2 Å². The third-order valence-corrected chi connectivity index (χ3v) is 3.00. The Balaban J connectivity index is 2.38. The minimum Gasteiger partial charge on any atom is -0.497 e. The molecule has 0 bridgehead atoms. The van der Waals surface area contributed by atoms with E-state index in [2.05, 4.69) is 5.16 Å². The summed E-state index contributed by atoms with van der Waals surface area (Å²) in [5, 5.41) is 11.9. The lowest BCUT2D eigenvalue weighted by Gasteiger charge is -2.22. The zero-order valence-electron chi connectivity index (χ0n) is 9.22. The number of ether oxygens (including phenoxy) is 2. The van der Waals surface area contributed by atoms with Crippen LogP contribution in [0.5, 0.6) is 5.75 Å². The van der Waals surface area contributed by atoms with Crippen molar-refractivity contribution >= 4 is 6.21 Å². The molecule has 1 saturated heterocycles. The van der Waals surface area contributed by atoms with Crippen molar-refractivity contribution in [3.05, 3.63) is 29.8 Å². The first-order chi connectivity index (χ1) is 7.80. The smallest absolute Gasteiger partial charge is 0.119 e. The van der Waals surface area contributed by atoms with Gasteiger partial charge in [-0.2, -0.15) is 0 Å². The zero-order valence-corrected chi connectivity index (χ0v) is 9.22. The van der Waals surface area contributed by atoms with Crippen molar-refractivity contribution in [1.29, 1.82) is 0 Å². The second-order valence-electron chi connectivity index (χ2n) is 3.94. The minimum atomic E-state index is -0.316. The molecule has 2 rings (SSSR count). The lowest BCUT2D eigenvalue weighted by atomic mass is 9.81. The van der Waals surface area contributed by atoms with Crippen molar-refractivity contribution in [2.24, 2.45) is 5.16 Å². The van der Waals surface area contributed by atoms with Crippen LogP contribution < -0.4 is 4.74 Å². The van der Waals surface area contributed by atoms with Crippen LogP contribution in [0.15, 0.2) is 29.4 Å². The van der Waals surface area contributed by atoms with E-state index in [9.17, 15) is 0 Å². The molecule has 0 spiro atoms. The van der Waals surface area contributed by atoms with Crippen LogP contribution >= 0.6 is 0 Å². The van der Waals surface area contributed by atoms with Crippen LogP contribution in [0.4, 0.5) is 0 Å². The van der Waals surface area contributed by atoms with E-state index in [0.717, 1.165) is 17.7 Å². The summed E-state index contributed by atoms with van der Waals surface area (Å²) in [5.74, 6) is 0.801. The maximum atomic E-state index is 8.76. The first-order valence-electron chi connectivity index (χ1n) is 5.22. The van der Waals surface area contributed by atoms with Crippen LogP contribution in [0.25, 0.3) is 0 Å². The van der Waals surface area contributed by atoms with Gasteiger partial charge in [-0.15, -0.1) is 5.16 Å². The summed E-state index contributed by atoms with van der Waals surface area (Å²) in [6, 6.07) is 7.78. The summed E-state index contributed by atoms with van der Waals surface area (Å²) in [5.41, 5.74) is 0.741. The quantitative estimate of drug-likeness (QED) is 0.481. The maximum absolute atomic E-state index is 8.76. The van der Waals surface area contributed by atoms with Gasteiger partial charge in [-0.3, -0.25) is 0 Å². The van der Waals surface area contributed by atoms with E-state index in [1.165, 1.54) is 0 Å². The molecule has 0 saturated carbocycles. The van der Waals surface area contributed by atoms with Crippen LogP contribution in [-0.4, -0.2) is 31.7 Å². The van der Waals surface area contributed by atoms with Gasteiger partial charge in [-0.25, -0.2) is 0 Å². The summed E-state index contributed by atoms with van der Waals surface area (Å²) < 4.78 is 10.6. The van der Waals surface area contributed by atoms with Crippen molar-refractivity contribution in [3.8, 4) is 5.75 Å². The molecular formula is C12H15NO3. The van der Waals surface area contributed by atoms with E-state index < -0.39 is 0 Å². The van der Waals surface area contributed by atoms with Gasteiger partial charge in [0.05, 0.1) is 25.3 Å². The van der Waals surface area contributed by atoms with Gasteiger partial charge < -0.3 is 14.7 Å². The number of nitrogens with zero attached hydrogens (tertiary/aromatic N) is 1. The third-order valence-electron chi connectivity index (χ3n) is 3.00. The molecule has 1 aromatic rings. The Bertz CT molecular complexity index is 384. The van der Waals surface area contributed by atoms with Crippen molar-refractivity contribution < 1.29 is 14.7 Å². The molecule has 1 heterocycles. The Kier molecular flexibility index (Phi) is 3.10. The zero-order chi connectivity index (χ0) is 11.4. The normalized spacial score (nSPS) is 25.1. The van der Waals surface area contributed by atoms with Gasteiger partial charge in [0.25, 0.3) is 0 Å². The molecule has 1 fully saturated rings. The van der Waals surface area contributed by atoms with E-state index >= 15 is 0 Å². The topological polar surface area (TPSA) is 51.0 Å². The fraction of sp³-hybridized carbons (Fsp3) is 0.417. The van der Waals surface area contributed by atoms with Gasteiger partial charge in [0.2, 0.25) is 0 Å². The molecule has 0 radical (unpaired) electrons. The van der Waals surface area contributed by atoms with Crippen LogP contribution in [-0.2, 0) is 10.2 Å². The summed E-state index contributed by atoms with van der Waals surface area (Å²) >= 11 is 0. The van der Waals surface area contributed by atoms with Crippen LogP contribution in [0, 0.1) is 0 Å². The van der Waals surface area contributed by atoms with Gasteiger partial charge in [0.15, 0.2) is 0 Å². The van der Waals surface area contributed by atoms with Crippen LogP contribution in [0.2, 0.25) is 0 Å². The van der Waals surface area contributed by atoms with Crippen molar-refractivity contribution in [2.75, 3.05) is 20.3 Å². The number of hydrogen-bond donors (Lipinski definition) is 1. The van der Waals surface area contributed by atoms with Gasteiger partial charge in [-0.05, 0) is 24.1 Å². The van der Waals surface area contributed by atoms with E-state index in [-0.39, 0.29) is 5.41 Å². The van der Waals surface area contributed by atoms with E-state index in [1.807, 2.05) is 24.3 Å². The molecule has 0 amide bonds. The number of rotatable bonds is 3. The minimum absolute atomic E-state index is 0.316. The predicted molar refractivity (Wildman–Crippen MR) is 60.4 cm³/mol. The Labute approximate surface area is 94.5 Å². The maximum Gasteiger partial charge on any atom is 0.119 e. The fourth-order valence-corrected chi connectivity index (χ4v) is 2.03. The highest BCUT2D eigenvalue weighted by Gasteiger charge is 2.35. The first-order valence-corrected chi connectivity index (χ1v) is 5.22. The monoisotopic (exact) mass is 221 g/mol. The lowest BCUT2D eigenvalue weighted by Crippen LogP contribution is -2.28. The number of hydrogen-bond acceptors (Lipinski definition) is 4. The molecule has 86 valence electrons. The van der Waals surface area contributed by atoms with Crippen molar-refractivity contribution in [2.45, 2.75) is 11.8 Å². The largest absolute Gasteiger partial charge is 0.497 e. The fourth-order valence-electron chi connectivity index (χ4n) is 2.03. The Morgan fingerprint density at radius 3 is 3.06 bits per heavy atom. The molecule has 1 N–H and O–H groups in total. The first kappa shape index (κ1) is 11.0. The van der Waals surface area contributed by atoms with Crippen molar-refractivity contribution in [1.82, 2.24) is 0 Å². The van der Waals surface area contributed by atoms with Gasteiger partial charge in [-0.1, -0.05) is 12.1 Å². The third kappa shape index (κ3) is 1.88. The molecule has 0 aromatic heterocycles. The molecule has 0 aliphatic carbocycles. The van der Waals surface area contributed by atoms with Gasteiger partial charge in [0, 0.05) is 6.61 Å². The van der Waals surface area contributed by atoms with Crippen molar-refractivity contribution in [3.63, 3.8) is 0 Å². The number of benzene rings is 1. The highest BCUT2D eigenvalue weighted by Crippen LogP contribution is 2.33. The molecule has 0 unspecified atom stereocenters. The molecule has 1 aromatic carbocycles. The predicted octanol–water partition coefficient (Wildman–Crippen LogP) is 1.81. The second kappa shape index (κ2) is 4.53. The molecule has 16 heavy (non-hydrogen) atoms. The molecule has 4 nitrogen and oxygen atoms in total. The molecule has 1 aliphatic heterocycles. The number of methoxy groups -OCH3 is 1. The second-order valence-corrected chi connectivity index (χ2v) is 3.94. The number of oxime groups is 1. The highest BCUT2D eigenvalue weighted by atomic mass is 16.5. The SMILES string of the molecule is COc1cccc([C@@]2(/C=N\O)CCOC2)c1. The molecule has 4 heteroatoms. The summed E-state index contributed by atoms with van der Waals surface area (Å²) in [4.78, 5) is 0. The van der Waals surface area contributed by atoms with Crippen LogP contribution in [0.1, 0.15) is 12.0 Å². The standard InChI is InChI=1S/C12H15NO3/c1-15-11-4-2-3-10(7-11)12(8-13-14)5-6-16-9-12/h2-4,7-8,14H,5-6,9H2,1H3/b13-8-/t12-/m1/s1. The summed E-state index contributed by atoms with van der Waals surface area (Å²) in [6.07, 6.45) is 2.37. The van der Waals surface area contributed by atoms with Gasteiger partial charge >= 0.3 is 0 Å². The van der Waals surface area contributed by atoms with Gasteiger partial charge in [0.1, 0.15) is 5.75 Å². The lowest BCUT2D eigenvalue weighted by molar-refractivity contribution is 0.187. The molecular weight excluding hydrogens is 206 g/mol. The summed E-state index contributed by atoms with van der Waals surface area (Å²) in [7, 11) is 1.64. The average Bonchev–Trinajstić information content (AvgIpc) is 2.80.